The van der Waals surface area contributed by atoms with Gasteiger partial charge in [-0.1, -0.05) is 48.0 Å². The van der Waals surface area contributed by atoms with Crippen molar-refractivity contribution in [1.82, 2.24) is 0 Å². The van der Waals surface area contributed by atoms with Crippen molar-refractivity contribution < 1.29 is 18.7 Å². The van der Waals surface area contributed by atoms with Gasteiger partial charge in [-0.05, 0) is 55.2 Å². The van der Waals surface area contributed by atoms with Crippen LogP contribution in [0.15, 0.2) is 82.0 Å². The highest BCUT2D eigenvalue weighted by Crippen LogP contribution is 2.36. The van der Waals surface area contributed by atoms with Crippen molar-refractivity contribution in [2.75, 3.05) is 11.5 Å². The third kappa shape index (κ3) is 3.91. The SMILES string of the molecule is Cc1ccc2oc(C(=O)OCC(=O)N3c4ccccc4CCc4ccccc43)cc(=O)c2c1. The number of rotatable bonds is 3. The van der Waals surface area contributed by atoms with Crippen LogP contribution in [0.4, 0.5) is 11.4 Å². The van der Waals surface area contributed by atoms with Crippen LogP contribution >= 0.6 is 0 Å². The monoisotopic (exact) mass is 439 g/mol. The quantitative estimate of drug-likeness (QED) is 0.432. The predicted octanol–water partition coefficient (Wildman–Crippen LogP) is 4.72. The van der Waals surface area contributed by atoms with Gasteiger partial charge in [-0.3, -0.25) is 14.5 Å². The fourth-order valence-corrected chi connectivity index (χ4v) is 4.18. The molecule has 0 aliphatic carbocycles. The summed E-state index contributed by atoms with van der Waals surface area (Å²) in [5, 5.41) is 0.389. The average molecular weight is 439 g/mol. The van der Waals surface area contributed by atoms with E-state index in [9.17, 15) is 14.4 Å². The van der Waals surface area contributed by atoms with E-state index in [0.29, 0.717) is 11.0 Å². The minimum atomic E-state index is -0.862. The fraction of sp³-hybridized carbons (Fsp3) is 0.148. The van der Waals surface area contributed by atoms with Gasteiger partial charge in [0.1, 0.15) is 5.58 Å². The lowest BCUT2D eigenvalue weighted by Crippen LogP contribution is -2.31. The summed E-state index contributed by atoms with van der Waals surface area (Å²) in [7, 11) is 0. The second-order valence-corrected chi connectivity index (χ2v) is 8.04. The second kappa shape index (κ2) is 8.39. The maximum absolute atomic E-state index is 13.3. The topological polar surface area (TPSA) is 76.8 Å². The molecule has 0 N–H and O–H groups in total. The summed E-state index contributed by atoms with van der Waals surface area (Å²) in [6, 6.07) is 21.7. The first kappa shape index (κ1) is 20.7. The first-order valence-electron chi connectivity index (χ1n) is 10.7. The zero-order valence-electron chi connectivity index (χ0n) is 18.0. The summed E-state index contributed by atoms with van der Waals surface area (Å²) in [6.07, 6.45) is 1.61. The number of aryl methyl sites for hydroxylation is 3. The van der Waals surface area contributed by atoms with Gasteiger partial charge in [-0.25, -0.2) is 4.79 Å². The van der Waals surface area contributed by atoms with Crippen LogP contribution in [-0.4, -0.2) is 18.5 Å². The van der Waals surface area contributed by atoms with Gasteiger partial charge in [0.05, 0.1) is 16.8 Å². The molecule has 4 aromatic rings. The van der Waals surface area contributed by atoms with Crippen LogP contribution < -0.4 is 10.3 Å². The van der Waals surface area contributed by atoms with E-state index >= 15 is 0 Å². The number of fused-ring (bicyclic) bond motifs is 3. The normalized spacial score (nSPS) is 12.6. The van der Waals surface area contributed by atoms with Crippen LogP contribution in [0.3, 0.4) is 0 Å². The number of carbonyl (C=O) groups is 2. The highest BCUT2D eigenvalue weighted by atomic mass is 16.5. The number of esters is 1. The molecule has 0 saturated heterocycles. The lowest BCUT2D eigenvalue weighted by Gasteiger charge is -2.24. The predicted molar refractivity (Wildman–Crippen MR) is 125 cm³/mol. The highest BCUT2D eigenvalue weighted by molar-refractivity contribution is 6.04. The molecular weight excluding hydrogens is 418 g/mol. The Morgan fingerprint density at radius 3 is 2.21 bits per heavy atom. The van der Waals surface area contributed by atoms with Gasteiger partial charge >= 0.3 is 5.97 Å². The lowest BCUT2D eigenvalue weighted by molar-refractivity contribution is -0.121. The molecule has 1 aliphatic rings. The summed E-state index contributed by atoms with van der Waals surface area (Å²) in [5.74, 6) is -1.48. The molecule has 0 radical (unpaired) electrons. The number of amides is 1. The highest BCUT2D eigenvalue weighted by Gasteiger charge is 2.27. The first-order valence-corrected chi connectivity index (χ1v) is 10.7. The van der Waals surface area contributed by atoms with Crippen molar-refractivity contribution in [2.24, 2.45) is 0 Å². The third-order valence-corrected chi connectivity index (χ3v) is 5.79. The molecule has 6 nitrogen and oxygen atoms in total. The van der Waals surface area contributed by atoms with E-state index in [0.717, 1.165) is 47.0 Å². The molecule has 0 unspecified atom stereocenters. The summed E-state index contributed by atoms with van der Waals surface area (Å²) in [5.41, 5.74) is 4.50. The molecule has 0 bridgehead atoms. The van der Waals surface area contributed by atoms with Crippen molar-refractivity contribution in [3.8, 4) is 0 Å². The van der Waals surface area contributed by atoms with Gasteiger partial charge in [-0.15, -0.1) is 0 Å². The largest absolute Gasteiger partial charge is 0.450 e. The molecule has 1 aliphatic heterocycles. The van der Waals surface area contributed by atoms with E-state index in [1.165, 1.54) is 0 Å². The standard InChI is InChI=1S/C27H21NO5/c1-17-10-13-24-20(14-17)23(29)15-25(33-24)27(31)32-16-26(30)28-21-8-4-2-6-18(21)11-12-19-7-3-5-9-22(19)28/h2-10,13-15H,11-12,16H2,1H3. The van der Waals surface area contributed by atoms with Crippen LogP contribution in [0.5, 0.6) is 0 Å². The molecule has 0 atom stereocenters. The van der Waals surface area contributed by atoms with Gasteiger partial charge < -0.3 is 9.15 Å². The molecular formula is C27H21NO5. The molecule has 1 amide bonds. The van der Waals surface area contributed by atoms with Crippen molar-refractivity contribution in [3.63, 3.8) is 0 Å². The fourth-order valence-electron chi connectivity index (χ4n) is 4.18. The van der Waals surface area contributed by atoms with Gasteiger partial charge in [0.25, 0.3) is 5.91 Å². The van der Waals surface area contributed by atoms with Crippen molar-refractivity contribution in [2.45, 2.75) is 19.8 Å². The molecule has 3 aromatic carbocycles. The molecule has 164 valence electrons. The number of benzene rings is 3. The van der Waals surface area contributed by atoms with Crippen LogP contribution in [0.1, 0.15) is 27.2 Å². The number of nitrogens with zero attached hydrogens (tertiary/aromatic N) is 1. The van der Waals surface area contributed by atoms with Crippen LogP contribution in [0.2, 0.25) is 0 Å². The van der Waals surface area contributed by atoms with Crippen LogP contribution in [0.25, 0.3) is 11.0 Å². The Kier molecular flexibility index (Phi) is 5.26. The van der Waals surface area contributed by atoms with Gasteiger partial charge in [0.2, 0.25) is 5.76 Å². The Morgan fingerprint density at radius 1 is 0.909 bits per heavy atom. The van der Waals surface area contributed by atoms with E-state index in [2.05, 4.69) is 0 Å². The van der Waals surface area contributed by atoms with Gasteiger partial charge in [-0.2, -0.15) is 0 Å². The Hall–Kier alpha value is -4.19. The summed E-state index contributed by atoms with van der Waals surface area (Å²) >= 11 is 0. The number of hydrogen-bond donors (Lipinski definition) is 0. The number of carbonyl (C=O) groups excluding carboxylic acids is 2. The average Bonchev–Trinajstić information content (AvgIpc) is 2.99. The van der Waals surface area contributed by atoms with Gasteiger partial charge in [0, 0.05) is 6.07 Å². The lowest BCUT2D eigenvalue weighted by atomic mass is 10.0. The van der Waals surface area contributed by atoms with E-state index in [1.54, 1.807) is 23.1 Å². The van der Waals surface area contributed by atoms with E-state index < -0.39 is 12.6 Å². The van der Waals surface area contributed by atoms with Crippen molar-refractivity contribution >= 4 is 34.2 Å². The Balaban J connectivity index is 1.42. The van der Waals surface area contributed by atoms with Crippen molar-refractivity contribution in [1.29, 1.82) is 0 Å². The number of ether oxygens (including phenoxy) is 1. The zero-order chi connectivity index (χ0) is 22.9. The van der Waals surface area contributed by atoms with Gasteiger partial charge in [0.15, 0.2) is 12.0 Å². The summed E-state index contributed by atoms with van der Waals surface area (Å²) in [4.78, 5) is 39.9. The molecule has 2 heterocycles. The number of para-hydroxylation sites is 2. The molecule has 0 fully saturated rings. The zero-order valence-corrected chi connectivity index (χ0v) is 18.0. The second-order valence-electron chi connectivity index (χ2n) is 8.04. The van der Waals surface area contributed by atoms with E-state index in [1.807, 2.05) is 55.5 Å². The molecule has 33 heavy (non-hydrogen) atoms. The van der Waals surface area contributed by atoms with E-state index in [4.69, 9.17) is 9.15 Å². The molecule has 0 spiro atoms. The Labute approximate surface area is 190 Å². The van der Waals surface area contributed by atoms with E-state index in [-0.39, 0.29) is 17.1 Å². The third-order valence-electron chi connectivity index (χ3n) is 5.79. The summed E-state index contributed by atoms with van der Waals surface area (Å²) in [6.45, 7) is 1.38. The molecule has 0 saturated carbocycles. The Morgan fingerprint density at radius 2 is 1.55 bits per heavy atom. The molecule has 6 heteroatoms. The number of hydrogen-bond acceptors (Lipinski definition) is 5. The molecule has 1 aromatic heterocycles. The maximum Gasteiger partial charge on any atom is 0.374 e. The first-order chi connectivity index (χ1) is 16.0. The van der Waals surface area contributed by atoms with Crippen molar-refractivity contribution in [3.05, 3.63) is 105 Å². The smallest absolute Gasteiger partial charge is 0.374 e. The summed E-state index contributed by atoms with van der Waals surface area (Å²) < 4.78 is 10.8. The molecule has 5 rings (SSSR count). The van der Waals surface area contributed by atoms with Crippen LogP contribution in [0, 0.1) is 6.92 Å². The van der Waals surface area contributed by atoms with Crippen LogP contribution in [-0.2, 0) is 22.4 Å². The number of anilines is 2. The minimum absolute atomic E-state index is 0.235. The minimum Gasteiger partial charge on any atom is -0.450 e. The maximum atomic E-state index is 13.3. The Bertz CT molecular complexity index is 1410.